The highest BCUT2D eigenvalue weighted by molar-refractivity contribution is 8.00. The molecule has 188 valence electrons. The minimum absolute atomic E-state index is 0.0144. The number of benzene rings is 2. The predicted molar refractivity (Wildman–Crippen MR) is 138 cm³/mol. The molecule has 0 bridgehead atoms. The van der Waals surface area contributed by atoms with Gasteiger partial charge in [-0.2, -0.15) is 16.1 Å². The molecule has 9 nitrogen and oxygen atoms in total. The smallest absolute Gasteiger partial charge is 0.323 e. The molecule has 2 aromatic carbocycles. The fraction of sp³-hybridized carbons (Fsp3) is 0.417. The number of rotatable bonds is 6. The van der Waals surface area contributed by atoms with E-state index in [0.717, 1.165) is 4.31 Å². The number of sulfonamides is 1. The number of carboxylic acid groups (broad SMARTS) is 1. The molecule has 1 aliphatic heterocycles. The molecule has 0 saturated carbocycles. The van der Waals surface area contributed by atoms with Crippen molar-refractivity contribution in [2.45, 2.75) is 43.4 Å². The standard InChI is InChI=1S/C24H29N3O6S2/c1-5-26(6-2)23(30)25-15-7-9-17-18-14-16(8-10-19(18)33-20(17)13-15)35(31,32)27-11-12-34-24(3,4)21(27)22(28)29/h7-10,13-14,21H,5-6,11-12H2,1-4H3,(H,25,30)(H,28,29)/t21-/m0/s1. The van der Waals surface area contributed by atoms with Crippen molar-refractivity contribution in [1.82, 2.24) is 9.21 Å². The van der Waals surface area contributed by atoms with Crippen LogP contribution in [0.4, 0.5) is 10.5 Å². The van der Waals surface area contributed by atoms with E-state index in [1.54, 1.807) is 43.0 Å². The van der Waals surface area contributed by atoms with Gasteiger partial charge in [-0.05, 0) is 58.0 Å². The first-order valence-electron chi connectivity index (χ1n) is 11.4. The average molecular weight is 520 g/mol. The van der Waals surface area contributed by atoms with Gasteiger partial charge in [0, 0.05) is 52.7 Å². The minimum Gasteiger partial charge on any atom is -0.480 e. The summed E-state index contributed by atoms with van der Waals surface area (Å²) in [6.45, 7) is 8.60. The summed E-state index contributed by atoms with van der Waals surface area (Å²) in [5.41, 5.74) is 1.57. The molecule has 0 radical (unpaired) electrons. The Morgan fingerprint density at radius 2 is 1.86 bits per heavy atom. The average Bonchev–Trinajstić information content (AvgIpc) is 3.15. The number of carbonyl (C=O) groups is 2. The molecule has 1 fully saturated rings. The quantitative estimate of drug-likeness (QED) is 0.494. The molecular formula is C24H29N3O6S2. The van der Waals surface area contributed by atoms with Gasteiger partial charge in [0.05, 0.1) is 4.90 Å². The van der Waals surface area contributed by atoms with Gasteiger partial charge in [-0.15, -0.1) is 0 Å². The number of nitrogens with one attached hydrogen (secondary N) is 1. The number of hydrogen-bond donors (Lipinski definition) is 2. The SMILES string of the molecule is CCN(CC)C(=O)Nc1ccc2c(c1)oc1ccc(S(=O)(=O)N3CCSC(C)(C)[C@@H]3C(=O)O)cc12. The number of hydrogen-bond acceptors (Lipinski definition) is 6. The molecule has 2 heterocycles. The highest BCUT2D eigenvalue weighted by atomic mass is 32.2. The van der Waals surface area contributed by atoms with Gasteiger partial charge in [0.15, 0.2) is 0 Å². The topological polar surface area (TPSA) is 120 Å². The molecule has 11 heteroatoms. The second kappa shape index (κ2) is 9.36. The third-order valence-corrected chi connectivity index (χ3v) is 9.53. The molecule has 0 spiro atoms. The van der Waals surface area contributed by atoms with E-state index < -0.39 is 26.8 Å². The van der Waals surface area contributed by atoms with E-state index in [9.17, 15) is 23.1 Å². The van der Waals surface area contributed by atoms with Gasteiger partial charge in [0.1, 0.15) is 17.2 Å². The molecule has 2 amide bonds. The van der Waals surface area contributed by atoms with Gasteiger partial charge in [-0.1, -0.05) is 0 Å². The summed E-state index contributed by atoms with van der Waals surface area (Å²) in [6, 6.07) is 8.37. The Bertz CT molecular complexity index is 1400. The molecular weight excluding hydrogens is 490 g/mol. The van der Waals surface area contributed by atoms with Crippen molar-refractivity contribution < 1.29 is 27.5 Å². The first-order valence-corrected chi connectivity index (χ1v) is 13.8. The summed E-state index contributed by atoms with van der Waals surface area (Å²) in [4.78, 5) is 26.1. The Labute approximate surface area is 208 Å². The zero-order valence-electron chi connectivity index (χ0n) is 20.1. The third kappa shape index (κ3) is 4.60. The summed E-state index contributed by atoms with van der Waals surface area (Å²) in [5, 5.41) is 14.0. The zero-order chi connectivity index (χ0) is 25.5. The maximum atomic E-state index is 13.6. The molecule has 1 aromatic heterocycles. The van der Waals surface area contributed by atoms with E-state index in [0.29, 0.717) is 46.5 Å². The molecule has 3 aromatic rings. The third-order valence-electron chi connectivity index (χ3n) is 6.32. The number of nitrogens with zero attached hydrogens (tertiary/aromatic N) is 2. The van der Waals surface area contributed by atoms with E-state index in [-0.39, 0.29) is 17.5 Å². The maximum Gasteiger partial charge on any atom is 0.323 e. The van der Waals surface area contributed by atoms with E-state index in [2.05, 4.69) is 5.32 Å². The van der Waals surface area contributed by atoms with Gasteiger partial charge in [0.2, 0.25) is 10.0 Å². The van der Waals surface area contributed by atoms with Gasteiger partial charge in [-0.3, -0.25) is 4.79 Å². The Morgan fingerprint density at radius 1 is 1.14 bits per heavy atom. The zero-order valence-corrected chi connectivity index (χ0v) is 21.7. The lowest BCUT2D eigenvalue weighted by Crippen LogP contribution is -2.58. The summed E-state index contributed by atoms with van der Waals surface area (Å²) in [6.07, 6.45) is 0. The van der Waals surface area contributed by atoms with Crippen LogP contribution in [0.5, 0.6) is 0 Å². The maximum absolute atomic E-state index is 13.6. The van der Waals surface area contributed by atoms with E-state index in [1.807, 2.05) is 13.8 Å². The summed E-state index contributed by atoms with van der Waals surface area (Å²) in [5.74, 6) is -0.658. The second-order valence-electron chi connectivity index (χ2n) is 8.88. The summed E-state index contributed by atoms with van der Waals surface area (Å²) in [7, 11) is -4.07. The Hall–Kier alpha value is -2.76. The van der Waals surface area contributed by atoms with Crippen molar-refractivity contribution in [3.8, 4) is 0 Å². The number of carbonyl (C=O) groups excluding carboxylic acids is 1. The van der Waals surface area contributed by atoms with E-state index in [1.165, 1.54) is 23.9 Å². The molecule has 0 unspecified atom stereocenters. The number of anilines is 1. The molecule has 2 N–H and O–H groups in total. The van der Waals surface area contributed by atoms with Crippen LogP contribution >= 0.6 is 11.8 Å². The Balaban J connectivity index is 1.71. The molecule has 1 atom stereocenters. The molecule has 1 saturated heterocycles. The highest BCUT2D eigenvalue weighted by Gasteiger charge is 2.48. The molecule has 35 heavy (non-hydrogen) atoms. The van der Waals surface area contributed by atoms with E-state index in [4.69, 9.17) is 4.42 Å². The van der Waals surface area contributed by atoms with Crippen LogP contribution in [0.3, 0.4) is 0 Å². The van der Waals surface area contributed by atoms with Crippen LogP contribution in [-0.4, -0.2) is 70.9 Å². The largest absolute Gasteiger partial charge is 0.480 e. The van der Waals surface area contributed by atoms with Crippen molar-refractivity contribution in [2.24, 2.45) is 0 Å². The van der Waals surface area contributed by atoms with Gasteiger partial charge in [-0.25, -0.2) is 13.2 Å². The van der Waals surface area contributed by atoms with Gasteiger partial charge in [0.25, 0.3) is 0 Å². The van der Waals surface area contributed by atoms with Crippen LogP contribution in [-0.2, 0) is 14.8 Å². The number of carboxylic acids is 1. The predicted octanol–water partition coefficient (Wildman–Crippen LogP) is 4.43. The molecule has 1 aliphatic rings. The van der Waals surface area contributed by atoms with Crippen molar-refractivity contribution >= 4 is 61.4 Å². The van der Waals surface area contributed by atoms with Crippen LogP contribution in [0.25, 0.3) is 21.9 Å². The van der Waals surface area contributed by atoms with Crippen molar-refractivity contribution in [1.29, 1.82) is 0 Å². The summed E-state index contributed by atoms with van der Waals surface area (Å²) >= 11 is 1.45. The highest BCUT2D eigenvalue weighted by Crippen LogP contribution is 2.39. The monoisotopic (exact) mass is 519 g/mol. The molecule has 4 rings (SSSR count). The lowest BCUT2D eigenvalue weighted by atomic mass is 10.0. The number of amides is 2. The number of aliphatic carboxylic acids is 1. The number of urea groups is 1. The number of thioether (sulfide) groups is 1. The Kier molecular flexibility index (Phi) is 6.78. The second-order valence-corrected chi connectivity index (χ2v) is 12.5. The fourth-order valence-electron chi connectivity index (χ4n) is 4.48. The minimum atomic E-state index is -4.07. The van der Waals surface area contributed by atoms with Crippen LogP contribution in [0.2, 0.25) is 0 Å². The van der Waals surface area contributed by atoms with Gasteiger partial charge >= 0.3 is 12.0 Å². The van der Waals surface area contributed by atoms with Crippen molar-refractivity contribution in [3.63, 3.8) is 0 Å². The lowest BCUT2D eigenvalue weighted by Gasteiger charge is -2.42. The van der Waals surface area contributed by atoms with Crippen molar-refractivity contribution in [3.05, 3.63) is 36.4 Å². The molecule has 0 aliphatic carbocycles. The summed E-state index contributed by atoms with van der Waals surface area (Å²) < 4.78 is 33.4. The van der Waals surface area contributed by atoms with Gasteiger partial charge < -0.3 is 19.7 Å². The number of furan rings is 1. The van der Waals surface area contributed by atoms with Crippen LogP contribution in [0, 0.1) is 0 Å². The Morgan fingerprint density at radius 3 is 2.51 bits per heavy atom. The normalized spacial score (nSPS) is 18.6. The fourth-order valence-corrected chi connectivity index (χ4v) is 7.60. The van der Waals surface area contributed by atoms with Crippen LogP contribution in [0.15, 0.2) is 45.7 Å². The first kappa shape index (κ1) is 25.3. The first-order chi connectivity index (χ1) is 16.5. The van der Waals surface area contributed by atoms with Crippen LogP contribution in [0.1, 0.15) is 27.7 Å². The number of fused-ring (bicyclic) bond motifs is 3. The lowest BCUT2D eigenvalue weighted by molar-refractivity contribution is -0.142. The van der Waals surface area contributed by atoms with Crippen molar-refractivity contribution in [2.75, 3.05) is 30.7 Å². The van der Waals surface area contributed by atoms with E-state index >= 15 is 0 Å². The van der Waals surface area contributed by atoms with Crippen LogP contribution < -0.4 is 5.32 Å².